The predicted octanol–water partition coefficient (Wildman–Crippen LogP) is 6.37. The summed E-state index contributed by atoms with van der Waals surface area (Å²) in [6, 6.07) is 13.6. The van der Waals surface area contributed by atoms with Crippen LogP contribution in [0.3, 0.4) is 0 Å². The molecule has 12 heteroatoms. The van der Waals surface area contributed by atoms with E-state index in [1.54, 1.807) is 35.0 Å². The summed E-state index contributed by atoms with van der Waals surface area (Å²) in [5.74, 6) is -0.383. The Morgan fingerprint density at radius 3 is 2.56 bits per heavy atom. The number of benzene rings is 2. The number of hydrogen-bond acceptors (Lipinski definition) is 6. The molecule has 5 rings (SSSR count). The molecule has 4 aromatic rings. The minimum atomic E-state index is -3.06. The number of nitriles is 1. The number of pyridine rings is 1. The molecule has 0 bridgehead atoms. The standard InChI is InChI=1S/C29H23Cl2F2N3O5/c30-22-13-36(38)14-23(31)21(22)10-26(18-7-8-25(41-29(32)33)27(9-18)39-16-17-5-6-17)40-28(37)15-35-12-19(11-34)20-3-1-2-4-24(20)35/h1-4,7-9,12-14,17,26,29H,5-6,10,15-16H2. The average molecular weight is 602 g/mol. The Balaban J connectivity index is 1.47. The molecule has 1 aliphatic carbocycles. The molecular weight excluding hydrogens is 579 g/mol. The van der Waals surface area contributed by atoms with Crippen LogP contribution in [-0.2, 0) is 22.5 Å². The number of hydrogen-bond donors (Lipinski definition) is 0. The van der Waals surface area contributed by atoms with E-state index in [2.05, 4.69) is 10.8 Å². The highest BCUT2D eigenvalue weighted by molar-refractivity contribution is 6.35. The minimum absolute atomic E-state index is 0.0305. The molecule has 1 aliphatic rings. The number of aromatic nitrogens is 2. The Hall–Kier alpha value is -4.07. The normalized spacial score (nSPS) is 13.7. The number of fused-ring (bicyclic) bond motifs is 1. The number of ether oxygens (including phenoxy) is 3. The molecule has 1 fully saturated rings. The quantitative estimate of drug-likeness (QED) is 0.112. The van der Waals surface area contributed by atoms with Gasteiger partial charge in [-0.05, 0) is 42.5 Å². The third-order valence-corrected chi connectivity index (χ3v) is 7.31. The van der Waals surface area contributed by atoms with Gasteiger partial charge in [-0.3, -0.25) is 4.79 Å². The maximum absolute atomic E-state index is 13.3. The van der Waals surface area contributed by atoms with Gasteiger partial charge < -0.3 is 24.0 Å². The molecule has 2 aromatic carbocycles. The molecule has 0 amide bonds. The molecule has 212 valence electrons. The zero-order chi connectivity index (χ0) is 29.1. The zero-order valence-corrected chi connectivity index (χ0v) is 22.9. The van der Waals surface area contributed by atoms with Crippen molar-refractivity contribution < 1.29 is 32.5 Å². The molecule has 41 heavy (non-hydrogen) atoms. The summed E-state index contributed by atoms with van der Waals surface area (Å²) < 4.78 is 44.6. The van der Waals surface area contributed by atoms with Crippen molar-refractivity contribution in [3.05, 3.63) is 93.0 Å². The monoisotopic (exact) mass is 601 g/mol. The molecule has 0 spiro atoms. The van der Waals surface area contributed by atoms with Crippen molar-refractivity contribution in [2.75, 3.05) is 6.61 Å². The Morgan fingerprint density at radius 1 is 1.15 bits per heavy atom. The van der Waals surface area contributed by atoms with Gasteiger partial charge in [-0.2, -0.15) is 18.8 Å². The van der Waals surface area contributed by atoms with E-state index in [0.717, 1.165) is 25.2 Å². The Morgan fingerprint density at radius 2 is 1.88 bits per heavy atom. The first-order valence-electron chi connectivity index (χ1n) is 12.7. The van der Waals surface area contributed by atoms with Crippen molar-refractivity contribution in [3.8, 4) is 17.6 Å². The summed E-state index contributed by atoms with van der Waals surface area (Å²) in [5, 5.41) is 22.1. The van der Waals surface area contributed by atoms with Crippen LogP contribution < -0.4 is 14.2 Å². The summed E-state index contributed by atoms with van der Waals surface area (Å²) in [6.07, 6.45) is 4.76. The number of nitrogens with zero attached hydrogens (tertiary/aromatic N) is 3. The number of halogens is 4. The minimum Gasteiger partial charge on any atom is -0.619 e. The molecule has 8 nitrogen and oxygen atoms in total. The fourth-order valence-corrected chi connectivity index (χ4v) is 5.06. The van der Waals surface area contributed by atoms with Crippen LogP contribution in [0.25, 0.3) is 10.9 Å². The molecule has 1 saturated carbocycles. The van der Waals surface area contributed by atoms with E-state index < -0.39 is 18.7 Å². The van der Waals surface area contributed by atoms with Gasteiger partial charge in [0, 0.05) is 29.1 Å². The lowest BCUT2D eigenvalue weighted by Crippen LogP contribution is -2.26. The summed E-state index contributed by atoms with van der Waals surface area (Å²) in [4.78, 5) is 13.3. The molecule has 2 heterocycles. The van der Waals surface area contributed by atoms with E-state index >= 15 is 0 Å². The number of para-hydroxylation sites is 1. The van der Waals surface area contributed by atoms with Crippen LogP contribution in [0.4, 0.5) is 8.78 Å². The molecule has 2 aromatic heterocycles. The smallest absolute Gasteiger partial charge is 0.387 e. The number of rotatable bonds is 11. The van der Waals surface area contributed by atoms with Gasteiger partial charge in [0.2, 0.25) is 0 Å². The maximum atomic E-state index is 13.3. The van der Waals surface area contributed by atoms with Gasteiger partial charge in [0.25, 0.3) is 0 Å². The van der Waals surface area contributed by atoms with Crippen molar-refractivity contribution in [3.63, 3.8) is 0 Å². The van der Waals surface area contributed by atoms with Gasteiger partial charge in [-0.25, -0.2) is 0 Å². The molecular formula is C29H23Cl2F2N3O5. The van der Waals surface area contributed by atoms with E-state index in [0.29, 0.717) is 44.8 Å². The average Bonchev–Trinajstić information content (AvgIpc) is 3.70. The van der Waals surface area contributed by atoms with Crippen LogP contribution in [0.15, 0.2) is 61.1 Å². The van der Waals surface area contributed by atoms with Gasteiger partial charge in [0.05, 0.1) is 12.2 Å². The topological polar surface area (TPSA) is 100 Å². The summed E-state index contributed by atoms with van der Waals surface area (Å²) in [5.41, 5.74) is 1.85. The van der Waals surface area contributed by atoms with Crippen LogP contribution in [0.2, 0.25) is 10.0 Å². The third kappa shape index (κ3) is 6.81. The second kappa shape index (κ2) is 12.2. The highest BCUT2D eigenvalue weighted by atomic mass is 35.5. The first kappa shape index (κ1) is 28.5. The Labute approximate surface area is 243 Å². The fourth-order valence-electron chi connectivity index (χ4n) is 4.46. The highest BCUT2D eigenvalue weighted by Gasteiger charge is 2.26. The second-order valence-corrected chi connectivity index (χ2v) is 10.4. The summed E-state index contributed by atoms with van der Waals surface area (Å²) in [6.45, 7) is -2.95. The number of carbonyl (C=O) groups is 1. The van der Waals surface area contributed by atoms with Crippen molar-refractivity contribution in [1.82, 2.24) is 4.57 Å². The number of esters is 1. The number of carbonyl (C=O) groups excluding carboxylic acids is 1. The zero-order valence-electron chi connectivity index (χ0n) is 21.4. The summed E-state index contributed by atoms with van der Waals surface area (Å²) in [7, 11) is 0. The fraction of sp³-hybridized carbons (Fsp3) is 0.276. The van der Waals surface area contributed by atoms with Crippen LogP contribution in [-0.4, -0.2) is 23.8 Å². The molecule has 0 saturated heterocycles. The van der Waals surface area contributed by atoms with Crippen molar-refractivity contribution in [2.24, 2.45) is 5.92 Å². The third-order valence-electron chi connectivity index (χ3n) is 6.66. The van der Waals surface area contributed by atoms with Gasteiger partial charge in [0.1, 0.15) is 28.8 Å². The van der Waals surface area contributed by atoms with Gasteiger partial charge in [0.15, 0.2) is 23.9 Å². The SMILES string of the molecule is N#Cc1cn(CC(=O)OC(Cc2c(Cl)c[n+]([O-])cc2Cl)c2ccc(OC(F)F)c(OCC3CC3)c2)c2ccccc12. The lowest BCUT2D eigenvalue weighted by molar-refractivity contribution is -0.605. The van der Waals surface area contributed by atoms with Gasteiger partial charge >= 0.3 is 12.6 Å². The second-order valence-electron chi connectivity index (χ2n) is 9.61. The van der Waals surface area contributed by atoms with Crippen molar-refractivity contribution in [1.29, 1.82) is 5.26 Å². The summed E-state index contributed by atoms with van der Waals surface area (Å²) >= 11 is 12.6. The molecule has 0 radical (unpaired) electrons. The first-order valence-corrected chi connectivity index (χ1v) is 13.4. The lowest BCUT2D eigenvalue weighted by atomic mass is 10.0. The van der Waals surface area contributed by atoms with Crippen molar-refractivity contribution in [2.45, 2.75) is 38.5 Å². The van der Waals surface area contributed by atoms with Crippen LogP contribution in [0.1, 0.15) is 35.6 Å². The first-order chi connectivity index (χ1) is 19.7. The predicted molar refractivity (Wildman–Crippen MR) is 146 cm³/mol. The van der Waals surface area contributed by atoms with E-state index in [-0.39, 0.29) is 34.5 Å². The highest BCUT2D eigenvalue weighted by Crippen LogP contribution is 2.38. The molecule has 0 aliphatic heterocycles. The largest absolute Gasteiger partial charge is 0.619 e. The van der Waals surface area contributed by atoms with Crippen LogP contribution in [0.5, 0.6) is 11.5 Å². The Kier molecular flexibility index (Phi) is 8.47. The van der Waals surface area contributed by atoms with E-state index in [1.165, 1.54) is 18.2 Å². The molecule has 0 N–H and O–H groups in total. The molecule has 1 unspecified atom stereocenters. The van der Waals surface area contributed by atoms with E-state index in [4.69, 9.17) is 32.7 Å². The van der Waals surface area contributed by atoms with Crippen molar-refractivity contribution >= 4 is 40.1 Å². The van der Waals surface area contributed by atoms with Gasteiger partial charge in [-0.1, -0.05) is 47.5 Å². The molecule has 1 atom stereocenters. The van der Waals surface area contributed by atoms with Gasteiger partial charge in [-0.15, -0.1) is 0 Å². The maximum Gasteiger partial charge on any atom is 0.387 e. The lowest BCUT2D eigenvalue weighted by Gasteiger charge is -2.21. The van der Waals surface area contributed by atoms with E-state index in [9.17, 15) is 24.0 Å². The Bertz CT molecular complexity index is 1610. The van der Waals surface area contributed by atoms with E-state index in [1.807, 2.05) is 0 Å². The van der Waals surface area contributed by atoms with Crippen LogP contribution in [0, 0.1) is 22.5 Å². The number of alkyl halides is 2. The van der Waals surface area contributed by atoms with Crippen LogP contribution >= 0.6 is 23.2 Å².